The fourth-order valence-corrected chi connectivity index (χ4v) is 4.45. The van der Waals surface area contributed by atoms with Gasteiger partial charge >= 0.3 is 5.97 Å². The zero-order valence-electron chi connectivity index (χ0n) is 18.9. The summed E-state index contributed by atoms with van der Waals surface area (Å²) < 4.78 is 18.7. The second kappa shape index (κ2) is 9.94. The van der Waals surface area contributed by atoms with Gasteiger partial charge in [-0.25, -0.2) is 4.39 Å². The number of benzene rings is 2. The Kier molecular flexibility index (Phi) is 7.28. The lowest BCUT2D eigenvalue weighted by molar-refractivity contribution is -0.139. The summed E-state index contributed by atoms with van der Waals surface area (Å²) in [6.07, 6.45) is 1.27. The lowest BCUT2D eigenvalue weighted by atomic mass is 9.84. The summed E-state index contributed by atoms with van der Waals surface area (Å²) in [6, 6.07) is 10.2. The lowest BCUT2D eigenvalue weighted by Gasteiger charge is -2.38. The van der Waals surface area contributed by atoms with Crippen molar-refractivity contribution in [3.8, 4) is 0 Å². The summed E-state index contributed by atoms with van der Waals surface area (Å²) in [6.45, 7) is 5.90. The normalized spacial score (nSPS) is 18.4. The molecular weight excluding hydrogens is 411 g/mol. The number of ether oxygens (including phenoxy) is 1. The van der Waals surface area contributed by atoms with E-state index in [-0.39, 0.29) is 36.0 Å². The molecule has 1 aliphatic rings. The quantitative estimate of drug-likeness (QED) is 0.697. The third-order valence-corrected chi connectivity index (χ3v) is 5.93. The molecule has 0 aliphatic carbocycles. The van der Waals surface area contributed by atoms with E-state index in [0.717, 1.165) is 16.8 Å². The van der Waals surface area contributed by atoms with E-state index in [1.807, 2.05) is 26.8 Å². The fraction of sp³-hybridized carbons (Fsp3) is 0.400. The SMILES string of the molecule is COC(=O)CNC(=O)c1cc(C)c(N2C[C@@H](Cc3ccccc3F)C[C@@H](C)C2=O)c(C)c1. The number of hydrogen-bond donors (Lipinski definition) is 1. The van der Waals surface area contributed by atoms with Crippen molar-refractivity contribution in [2.45, 2.75) is 33.6 Å². The fourth-order valence-electron chi connectivity index (χ4n) is 4.45. The Morgan fingerprint density at radius 1 is 1.19 bits per heavy atom. The van der Waals surface area contributed by atoms with Gasteiger partial charge in [-0.3, -0.25) is 14.4 Å². The number of nitrogens with zero attached hydrogens (tertiary/aromatic N) is 1. The number of anilines is 1. The Bertz CT molecular complexity index is 1010. The van der Waals surface area contributed by atoms with Crippen LogP contribution in [0.15, 0.2) is 36.4 Å². The molecule has 1 fully saturated rings. The number of carbonyl (C=O) groups is 3. The minimum atomic E-state index is -0.530. The average Bonchev–Trinajstić information content (AvgIpc) is 2.76. The van der Waals surface area contributed by atoms with E-state index in [2.05, 4.69) is 10.1 Å². The third-order valence-electron chi connectivity index (χ3n) is 5.93. The zero-order valence-corrected chi connectivity index (χ0v) is 18.9. The van der Waals surface area contributed by atoms with Gasteiger partial charge in [0.25, 0.3) is 5.91 Å². The molecule has 7 heteroatoms. The molecule has 2 atom stereocenters. The van der Waals surface area contributed by atoms with Crippen LogP contribution in [0.2, 0.25) is 0 Å². The maximum Gasteiger partial charge on any atom is 0.325 e. The molecule has 2 aromatic carbocycles. The van der Waals surface area contributed by atoms with Crippen LogP contribution in [0.1, 0.15) is 40.4 Å². The van der Waals surface area contributed by atoms with Crippen LogP contribution in [0.4, 0.5) is 10.1 Å². The number of aryl methyl sites for hydroxylation is 2. The van der Waals surface area contributed by atoms with Crippen LogP contribution in [0, 0.1) is 31.5 Å². The van der Waals surface area contributed by atoms with Crippen molar-refractivity contribution in [1.82, 2.24) is 5.32 Å². The molecule has 32 heavy (non-hydrogen) atoms. The van der Waals surface area contributed by atoms with E-state index >= 15 is 0 Å². The topological polar surface area (TPSA) is 75.7 Å². The molecule has 2 aromatic rings. The van der Waals surface area contributed by atoms with Gasteiger partial charge in [0.15, 0.2) is 0 Å². The summed E-state index contributed by atoms with van der Waals surface area (Å²) in [5.41, 5.74) is 3.43. The van der Waals surface area contributed by atoms with Crippen molar-refractivity contribution in [3.05, 3.63) is 64.5 Å². The summed E-state index contributed by atoms with van der Waals surface area (Å²) >= 11 is 0. The van der Waals surface area contributed by atoms with Crippen molar-refractivity contribution in [2.24, 2.45) is 11.8 Å². The van der Waals surface area contributed by atoms with Crippen molar-refractivity contribution in [3.63, 3.8) is 0 Å². The van der Waals surface area contributed by atoms with Gasteiger partial charge in [0.2, 0.25) is 5.91 Å². The number of carbonyl (C=O) groups excluding carboxylic acids is 3. The van der Waals surface area contributed by atoms with Crippen molar-refractivity contribution < 1.29 is 23.5 Å². The largest absolute Gasteiger partial charge is 0.468 e. The maximum absolute atomic E-state index is 14.2. The number of halogens is 1. The molecule has 1 saturated heterocycles. The third kappa shape index (κ3) is 5.15. The molecule has 170 valence electrons. The molecule has 3 rings (SSSR count). The van der Waals surface area contributed by atoms with Crippen LogP contribution < -0.4 is 10.2 Å². The Hall–Kier alpha value is -3.22. The second-order valence-electron chi connectivity index (χ2n) is 8.46. The first-order valence-corrected chi connectivity index (χ1v) is 10.7. The number of hydrogen-bond acceptors (Lipinski definition) is 4. The molecule has 0 saturated carbocycles. The van der Waals surface area contributed by atoms with E-state index in [9.17, 15) is 18.8 Å². The van der Waals surface area contributed by atoms with Crippen LogP contribution in [0.3, 0.4) is 0 Å². The van der Waals surface area contributed by atoms with Crippen molar-refractivity contribution >= 4 is 23.5 Å². The van der Waals surface area contributed by atoms with E-state index in [0.29, 0.717) is 30.5 Å². The predicted molar refractivity (Wildman–Crippen MR) is 120 cm³/mol. The number of nitrogens with one attached hydrogen (secondary N) is 1. The lowest BCUT2D eigenvalue weighted by Crippen LogP contribution is -2.46. The summed E-state index contributed by atoms with van der Waals surface area (Å²) in [4.78, 5) is 38.5. The Balaban J connectivity index is 1.83. The zero-order chi connectivity index (χ0) is 23.4. The standard InChI is InChI=1S/C25H29FN2O4/c1-15-10-20(24(30)27-13-22(29)32-4)11-16(2)23(15)28-14-18(9-17(3)25(28)31)12-19-7-5-6-8-21(19)26/h5-8,10-11,17-18H,9,12-14H2,1-4H3,(H,27,30)/t17-,18-/m1/s1. The van der Waals surface area contributed by atoms with Crippen LogP contribution in [-0.4, -0.2) is 38.0 Å². The monoisotopic (exact) mass is 440 g/mol. The highest BCUT2D eigenvalue weighted by Crippen LogP contribution is 2.34. The number of piperidine rings is 1. The molecule has 1 heterocycles. The molecule has 1 N–H and O–H groups in total. The molecule has 0 unspecified atom stereocenters. The highest BCUT2D eigenvalue weighted by atomic mass is 19.1. The summed E-state index contributed by atoms with van der Waals surface area (Å²) in [5.74, 6) is -1.16. The van der Waals surface area contributed by atoms with Crippen LogP contribution in [0.25, 0.3) is 0 Å². The van der Waals surface area contributed by atoms with Crippen LogP contribution in [-0.2, 0) is 20.7 Å². The van der Waals surface area contributed by atoms with Crippen LogP contribution in [0.5, 0.6) is 0 Å². The van der Waals surface area contributed by atoms with Gasteiger partial charge < -0.3 is 15.0 Å². The molecule has 0 bridgehead atoms. The van der Waals surface area contributed by atoms with Gasteiger partial charge in [-0.15, -0.1) is 0 Å². The minimum Gasteiger partial charge on any atom is -0.468 e. The van der Waals surface area contributed by atoms with E-state index in [1.165, 1.54) is 13.2 Å². The number of esters is 1. The second-order valence-corrected chi connectivity index (χ2v) is 8.46. The van der Waals surface area contributed by atoms with Gasteiger partial charge in [0.05, 0.1) is 7.11 Å². The van der Waals surface area contributed by atoms with Crippen molar-refractivity contribution in [2.75, 3.05) is 25.1 Å². The highest BCUT2D eigenvalue weighted by Gasteiger charge is 2.34. The van der Waals surface area contributed by atoms with Crippen LogP contribution >= 0.6 is 0 Å². The smallest absolute Gasteiger partial charge is 0.325 e. The van der Waals surface area contributed by atoms with Gasteiger partial charge in [-0.05, 0) is 67.5 Å². The van der Waals surface area contributed by atoms with E-state index in [1.54, 1.807) is 29.2 Å². The predicted octanol–water partition coefficient (Wildman–Crippen LogP) is 3.58. The Labute approximate surface area is 187 Å². The number of rotatable bonds is 6. The Morgan fingerprint density at radius 3 is 2.47 bits per heavy atom. The van der Waals surface area contributed by atoms with Crippen molar-refractivity contribution in [1.29, 1.82) is 0 Å². The maximum atomic E-state index is 14.2. The highest BCUT2D eigenvalue weighted by molar-refractivity contribution is 6.00. The van der Waals surface area contributed by atoms with E-state index < -0.39 is 5.97 Å². The molecular formula is C25H29FN2O4. The summed E-state index contributed by atoms with van der Waals surface area (Å²) in [5, 5.41) is 2.53. The molecule has 6 nitrogen and oxygen atoms in total. The van der Waals surface area contributed by atoms with E-state index in [4.69, 9.17) is 0 Å². The minimum absolute atomic E-state index is 0.0314. The average molecular weight is 441 g/mol. The first kappa shape index (κ1) is 23.4. The van der Waals surface area contributed by atoms with Gasteiger partial charge in [-0.2, -0.15) is 0 Å². The number of amides is 2. The summed E-state index contributed by atoms with van der Waals surface area (Å²) in [7, 11) is 1.26. The first-order chi connectivity index (χ1) is 15.2. The Morgan fingerprint density at radius 2 is 1.84 bits per heavy atom. The molecule has 0 spiro atoms. The van der Waals surface area contributed by atoms with Gasteiger partial charge in [-0.1, -0.05) is 25.1 Å². The first-order valence-electron chi connectivity index (χ1n) is 10.7. The number of methoxy groups -OCH3 is 1. The molecule has 0 aromatic heterocycles. The van der Waals surface area contributed by atoms with Gasteiger partial charge in [0.1, 0.15) is 12.4 Å². The molecule has 0 radical (unpaired) electrons. The molecule has 1 aliphatic heterocycles. The van der Waals surface area contributed by atoms with Gasteiger partial charge in [0, 0.05) is 23.7 Å². The molecule has 2 amide bonds.